The van der Waals surface area contributed by atoms with E-state index in [0.717, 1.165) is 44.7 Å². The fraction of sp³-hybridized carbons (Fsp3) is 0.308. The van der Waals surface area contributed by atoms with Gasteiger partial charge >= 0.3 is 0 Å². The van der Waals surface area contributed by atoms with Crippen LogP contribution in [-0.4, -0.2) is 19.6 Å². The molecule has 0 saturated carbocycles. The van der Waals surface area contributed by atoms with Crippen LogP contribution >= 0.6 is 0 Å². The molecule has 2 aromatic heterocycles. The van der Waals surface area contributed by atoms with Crippen molar-refractivity contribution >= 4 is 11.0 Å². The van der Waals surface area contributed by atoms with Gasteiger partial charge in [0, 0.05) is 23.0 Å². The lowest BCUT2D eigenvalue weighted by Gasteiger charge is -2.27. The minimum Gasteiger partial charge on any atom is -0.507 e. The average molecular weight is 740 g/mol. The Hall–Kier alpha value is -5.48. The van der Waals surface area contributed by atoms with E-state index < -0.39 is 0 Å². The molecule has 0 spiro atoms. The van der Waals surface area contributed by atoms with Gasteiger partial charge in [-0.25, -0.2) is 4.98 Å². The van der Waals surface area contributed by atoms with Crippen molar-refractivity contribution in [1.82, 2.24) is 14.5 Å². The molecule has 0 aliphatic carbocycles. The number of hydrogen-bond donors (Lipinski definition) is 1. The minimum absolute atomic E-state index is 0.000790. The van der Waals surface area contributed by atoms with Crippen molar-refractivity contribution < 1.29 is 5.11 Å². The predicted octanol–water partition coefficient (Wildman–Crippen LogP) is 14.0. The van der Waals surface area contributed by atoms with Crippen molar-refractivity contribution in [2.24, 2.45) is 0 Å². The third kappa shape index (κ3) is 7.54. The summed E-state index contributed by atoms with van der Waals surface area (Å²) in [6.45, 7) is 27.2. The smallest absolute Gasteiger partial charge is 0.149 e. The Morgan fingerprint density at radius 3 is 1.68 bits per heavy atom. The molecule has 7 rings (SSSR count). The van der Waals surface area contributed by atoms with E-state index >= 15 is 0 Å². The number of phenolic OH excluding ortho intramolecular Hbond substituents is 1. The number of para-hydroxylation sites is 2. The molecule has 7 aromatic rings. The van der Waals surface area contributed by atoms with Crippen LogP contribution in [0.4, 0.5) is 0 Å². The van der Waals surface area contributed by atoms with Crippen LogP contribution in [0.1, 0.15) is 105 Å². The van der Waals surface area contributed by atoms with Gasteiger partial charge in [-0.05, 0) is 115 Å². The van der Waals surface area contributed by atoms with Gasteiger partial charge in [-0.2, -0.15) is 0 Å². The molecule has 4 nitrogen and oxygen atoms in total. The fourth-order valence-corrected chi connectivity index (χ4v) is 7.55. The normalized spacial score (nSPS) is 12.7. The third-order valence-electron chi connectivity index (χ3n) is 10.9. The summed E-state index contributed by atoms with van der Waals surface area (Å²) in [6.07, 6.45) is 1.94. The number of fused-ring (bicyclic) bond motifs is 1. The summed E-state index contributed by atoms with van der Waals surface area (Å²) in [7, 11) is 0. The molecule has 0 amide bonds. The Labute approximate surface area is 334 Å². The minimum atomic E-state index is -0.119. The molecule has 56 heavy (non-hydrogen) atoms. The highest BCUT2D eigenvalue weighted by Crippen LogP contribution is 2.42. The van der Waals surface area contributed by atoms with Gasteiger partial charge in [0.05, 0.1) is 22.3 Å². The molecule has 2 heterocycles. The summed E-state index contributed by atoms with van der Waals surface area (Å²) in [5.74, 6) is 0.903. The molecular formula is C52H57N3O. The van der Waals surface area contributed by atoms with Crippen LogP contribution in [0.15, 0.2) is 121 Å². The second kappa shape index (κ2) is 13.9. The van der Waals surface area contributed by atoms with Gasteiger partial charge < -0.3 is 5.11 Å². The van der Waals surface area contributed by atoms with Crippen molar-refractivity contribution in [3.63, 3.8) is 0 Å². The fourth-order valence-electron chi connectivity index (χ4n) is 7.55. The van der Waals surface area contributed by atoms with Gasteiger partial charge in [0.15, 0.2) is 0 Å². The van der Waals surface area contributed by atoms with Crippen molar-refractivity contribution in [2.75, 3.05) is 0 Å². The van der Waals surface area contributed by atoms with Crippen molar-refractivity contribution in [3.8, 4) is 56.3 Å². The van der Waals surface area contributed by atoms with E-state index in [1.54, 1.807) is 6.07 Å². The van der Waals surface area contributed by atoms with Crippen LogP contribution in [0.25, 0.3) is 61.6 Å². The number of rotatable bonds is 5. The van der Waals surface area contributed by atoms with Crippen LogP contribution < -0.4 is 0 Å². The molecule has 286 valence electrons. The van der Waals surface area contributed by atoms with E-state index in [1.165, 1.54) is 27.8 Å². The summed E-state index contributed by atoms with van der Waals surface area (Å²) in [6, 6.07) is 40.9. The standard InChI is InChI=1S/C52H57N3O/c1-49(2,3)36-27-34(26-35(28-36)44-29-33(24-25-53-44)40-18-13-15-21-43(40)52(10,11)12)41-20-17-22-45-47(41)54-48(42-19-14-16-23-46(42)56)55(45)39-31-37(50(4,5)6)30-38(32-39)51(7,8)9/h13-32,56H,1-12H3. The van der Waals surface area contributed by atoms with Crippen molar-refractivity contribution in [1.29, 1.82) is 0 Å². The summed E-state index contributed by atoms with van der Waals surface area (Å²) in [5.41, 5.74) is 14.8. The lowest BCUT2D eigenvalue weighted by atomic mass is 9.80. The van der Waals surface area contributed by atoms with Gasteiger partial charge in [0.1, 0.15) is 11.6 Å². The average Bonchev–Trinajstić information content (AvgIpc) is 3.53. The largest absolute Gasteiger partial charge is 0.507 e. The van der Waals surface area contributed by atoms with E-state index in [1.807, 2.05) is 24.4 Å². The Morgan fingerprint density at radius 1 is 0.482 bits per heavy atom. The van der Waals surface area contributed by atoms with Crippen LogP contribution in [0.2, 0.25) is 0 Å². The second-order valence-corrected chi connectivity index (χ2v) is 19.5. The van der Waals surface area contributed by atoms with Gasteiger partial charge in [-0.15, -0.1) is 0 Å². The number of phenols is 1. The number of aromatic hydroxyl groups is 1. The summed E-state index contributed by atoms with van der Waals surface area (Å²) < 4.78 is 2.24. The summed E-state index contributed by atoms with van der Waals surface area (Å²) in [5, 5.41) is 11.3. The number of benzene rings is 5. The highest BCUT2D eigenvalue weighted by atomic mass is 16.3. The molecule has 0 fully saturated rings. The van der Waals surface area contributed by atoms with Crippen LogP contribution in [0.3, 0.4) is 0 Å². The first-order valence-electron chi connectivity index (χ1n) is 19.9. The van der Waals surface area contributed by atoms with E-state index in [4.69, 9.17) is 9.97 Å². The lowest BCUT2D eigenvalue weighted by Crippen LogP contribution is -2.17. The Balaban J connectivity index is 1.49. The first kappa shape index (κ1) is 38.8. The SMILES string of the molecule is CC(C)(C)c1cc(-c2cc(-c3ccccc3C(C)(C)C)ccn2)cc(-c2cccc3c2nc(-c2ccccc2O)n3-c2cc(C(C)(C)C)cc(C(C)(C)C)c2)c1. The maximum absolute atomic E-state index is 11.3. The second-order valence-electron chi connectivity index (χ2n) is 19.5. The molecule has 0 aliphatic heterocycles. The van der Waals surface area contributed by atoms with Gasteiger partial charge in [0.2, 0.25) is 0 Å². The number of nitrogens with zero attached hydrogens (tertiary/aromatic N) is 3. The van der Waals surface area contributed by atoms with Crippen LogP contribution in [-0.2, 0) is 21.7 Å². The van der Waals surface area contributed by atoms with Crippen LogP contribution in [0.5, 0.6) is 5.75 Å². The molecule has 0 atom stereocenters. The number of pyridine rings is 1. The summed E-state index contributed by atoms with van der Waals surface area (Å²) in [4.78, 5) is 10.4. The van der Waals surface area contributed by atoms with Crippen molar-refractivity contribution in [2.45, 2.75) is 105 Å². The maximum Gasteiger partial charge on any atom is 0.149 e. The number of hydrogen-bond acceptors (Lipinski definition) is 3. The lowest BCUT2D eigenvalue weighted by molar-refractivity contribution is 0.477. The monoisotopic (exact) mass is 739 g/mol. The molecule has 0 bridgehead atoms. The first-order chi connectivity index (χ1) is 26.2. The molecule has 0 radical (unpaired) electrons. The van der Waals surface area contributed by atoms with E-state index in [2.05, 4.69) is 179 Å². The molecule has 0 aliphatic rings. The molecule has 5 aromatic carbocycles. The number of aromatic nitrogens is 3. The Morgan fingerprint density at radius 2 is 1.05 bits per heavy atom. The van der Waals surface area contributed by atoms with E-state index in [9.17, 15) is 5.11 Å². The van der Waals surface area contributed by atoms with E-state index in [0.29, 0.717) is 11.4 Å². The van der Waals surface area contributed by atoms with Crippen LogP contribution in [0, 0.1) is 0 Å². The first-order valence-corrected chi connectivity index (χ1v) is 19.9. The topological polar surface area (TPSA) is 50.9 Å². The zero-order chi connectivity index (χ0) is 40.4. The Bertz CT molecular complexity index is 2550. The molecule has 0 unspecified atom stereocenters. The zero-order valence-corrected chi connectivity index (χ0v) is 35.3. The highest BCUT2D eigenvalue weighted by molar-refractivity contribution is 5.97. The Kier molecular flexibility index (Phi) is 9.64. The van der Waals surface area contributed by atoms with Gasteiger partial charge in [-0.1, -0.05) is 144 Å². The number of imidazole rings is 1. The summed E-state index contributed by atoms with van der Waals surface area (Å²) >= 11 is 0. The van der Waals surface area contributed by atoms with Gasteiger partial charge in [-0.3, -0.25) is 9.55 Å². The predicted molar refractivity (Wildman–Crippen MR) is 237 cm³/mol. The van der Waals surface area contributed by atoms with E-state index in [-0.39, 0.29) is 27.4 Å². The quantitative estimate of drug-likeness (QED) is 0.191. The third-order valence-corrected chi connectivity index (χ3v) is 10.9. The zero-order valence-electron chi connectivity index (χ0n) is 35.3. The van der Waals surface area contributed by atoms with Gasteiger partial charge in [0.25, 0.3) is 0 Å². The molecular weight excluding hydrogens is 683 g/mol. The highest BCUT2D eigenvalue weighted by Gasteiger charge is 2.26. The molecule has 0 saturated heterocycles. The molecule has 1 N–H and O–H groups in total. The van der Waals surface area contributed by atoms with Crippen molar-refractivity contribution in [3.05, 3.63) is 144 Å². The molecule has 4 heteroatoms. The maximum atomic E-state index is 11.3.